The van der Waals surface area contributed by atoms with Crippen LogP contribution in [0.3, 0.4) is 0 Å². The van der Waals surface area contributed by atoms with Gasteiger partial charge < -0.3 is 15.4 Å². The third kappa shape index (κ3) is 9.03. The number of nitrogens with one attached hydrogen (secondary N) is 1. The highest BCUT2D eigenvalue weighted by atomic mass is 16.5. The van der Waals surface area contributed by atoms with E-state index in [2.05, 4.69) is 33.8 Å². The summed E-state index contributed by atoms with van der Waals surface area (Å²) in [5, 5.41) is 7.01. The predicted molar refractivity (Wildman–Crippen MR) is 98.9 cm³/mol. The summed E-state index contributed by atoms with van der Waals surface area (Å²) in [7, 11) is 2.16. The molecule has 1 aliphatic heterocycles. The van der Waals surface area contributed by atoms with Gasteiger partial charge in [-0.15, -0.1) is 0 Å². The van der Waals surface area contributed by atoms with Crippen LogP contribution in [0.2, 0.25) is 0 Å². The molecular weight excluding hydrogens is 304 g/mol. The average Bonchev–Trinajstić information content (AvgIpc) is 2.89. The second-order valence-electron chi connectivity index (χ2n) is 7.19. The van der Waals surface area contributed by atoms with E-state index in [1.807, 2.05) is 40.8 Å². The molecule has 2 heterocycles. The molecule has 0 unspecified atom stereocenters. The Morgan fingerprint density at radius 1 is 1.38 bits per heavy atom. The van der Waals surface area contributed by atoms with Gasteiger partial charge in [-0.3, -0.25) is 9.89 Å². The Balaban J connectivity index is 0.000000501. The van der Waals surface area contributed by atoms with Gasteiger partial charge in [0.15, 0.2) is 0 Å². The molecule has 0 amide bonds. The molecular formula is C18H36N4O2. The van der Waals surface area contributed by atoms with Gasteiger partial charge in [0.1, 0.15) is 5.60 Å². The molecule has 0 aliphatic carbocycles. The lowest BCUT2D eigenvalue weighted by atomic mass is 9.83. The van der Waals surface area contributed by atoms with Crippen molar-refractivity contribution in [1.82, 2.24) is 15.1 Å². The highest BCUT2D eigenvalue weighted by molar-refractivity contribution is 5.37. The van der Waals surface area contributed by atoms with E-state index in [0.717, 1.165) is 38.0 Å². The minimum absolute atomic E-state index is 0.0266. The molecule has 24 heavy (non-hydrogen) atoms. The van der Waals surface area contributed by atoms with Gasteiger partial charge in [0.25, 0.3) is 6.47 Å². The van der Waals surface area contributed by atoms with Gasteiger partial charge in [0.05, 0.1) is 6.20 Å². The van der Waals surface area contributed by atoms with E-state index in [4.69, 9.17) is 5.73 Å². The maximum absolute atomic E-state index is 9.60. The van der Waals surface area contributed by atoms with E-state index in [1.165, 1.54) is 5.56 Å². The van der Waals surface area contributed by atoms with Gasteiger partial charge >= 0.3 is 0 Å². The number of carbonyl (C=O) groups excluding carboxylic acids is 1. The highest BCUT2D eigenvalue weighted by Crippen LogP contribution is 2.23. The molecule has 6 nitrogen and oxygen atoms in total. The number of carbonyl (C=O) groups is 1. The van der Waals surface area contributed by atoms with Gasteiger partial charge in [-0.1, -0.05) is 13.8 Å². The number of piperidine rings is 1. The second kappa shape index (κ2) is 10.5. The maximum Gasteiger partial charge on any atom is 0.293 e. The van der Waals surface area contributed by atoms with E-state index in [9.17, 15) is 4.79 Å². The first-order chi connectivity index (χ1) is 11.2. The van der Waals surface area contributed by atoms with Gasteiger partial charge in [-0.2, -0.15) is 5.10 Å². The number of aromatic nitrogens is 2. The molecule has 0 aromatic carbocycles. The molecule has 2 rings (SSSR count). The highest BCUT2D eigenvalue weighted by Gasteiger charge is 2.30. The average molecular weight is 341 g/mol. The first-order valence-corrected chi connectivity index (χ1v) is 8.73. The summed E-state index contributed by atoms with van der Waals surface area (Å²) in [6.07, 6.45) is 5.01. The summed E-state index contributed by atoms with van der Waals surface area (Å²) < 4.78 is 4.55. The van der Waals surface area contributed by atoms with Crippen molar-refractivity contribution >= 4 is 6.47 Å². The fraction of sp³-hybridized carbons (Fsp3) is 0.778. The van der Waals surface area contributed by atoms with Crippen molar-refractivity contribution in [2.45, 2.75) is 71.9 Å². The largest absolute Gasteiger partial charge is 0.462 e. The normalized spacial score (nSPS) is 17.0. The monoisotopic (exact) mass is 340 g/mol. The molecule has 1 aromatic rings. The van der Waals surface area contributed by atoms with Crippen LogP contribution in [0.15, 0.2) is 6.20 Å². The van der Waals surface area contributed by atoms with Crippen molar-refractivity contribution in [3.8, 4) is 0 Å². The third-order valence-corrected chi connectivity index (χ3v) is 3.86. The SMILES string of the molecule is CC.CC(C)(C)OC=O.Cc1[nH]ncc1CC1(N)CCN(C)CC1. The van der Waals surface area contributed by atoms with Gasteiger partial charge in [0, 0.05) is 11.2 Å². The fourth-order valence-electron chi connectivity index (χ4n) is 2.32. The van der Waals surface area contributed by atoms with Crippen LogP contribution in [0.25, 0.3) is 0 Å². The van der Waals surface area contributed by atoms with Crippen molar-refractivity contribution in [3.63, 3.8) is 0 Å². The zero-order valence-corrected chi connectivity index (χ0v) is 16.5. The van der Waals surface area contributed by atoms with Gasteiger partial charge in [-0.05, 0) is 72.7 Å². The number of H-pyrrole nitrogens is 1. The van der Waals surface area contributed by atoms with Crippen molar-refractivity contribution in [2.24, 2.45) is 5.73 Å². The Bertz CT molecular complexity index is 458. The summed E-state index contributed by atoms with van der Waals surface area (Å²) >= 11 is 0. The number of aryl methyl sites for hydroxylation is 1. The molecule has 0 radical (unpaired) electrons. The number of ether oxygens (including phenoxy) is 1. The lowest BCUT2D eigenvalue weighted by molar-refractivity contribution is -0.138. The summed E-state index contributed by atoms with van der Waals surface area (Å²) in [6, 6.07) is 0. The lowest BCUT2D eigenvalue weighted by Gasteiger charge is -2.37. The van der Waals surface area contributed by atoms with E-state index in [-0.39, 0.29) is 11.1 Å². The standard InChI is InChI=1S/C11H20N4.C5H10O2.C2H6/c1-9-10(8-13-14-9)7-11(12)3-5-15(2)6-4-11;1-5(2,3)7-4-6;1-2/h8H,3-7,12H2,1-2H3,(H,13,14);4H,1-3H3;1-2H3. The summed E-state index contributed by atoms with van der Waals surface area (Å²) in [5.74, 6) is 0. The Morgan fingerprint density at radius 3 is 2.25 bits per heavy atom. The smallest absolute Gasteiger partial charge is 0.293 e. The summed E-state index contributed by atoms with van der Waals surface area (Å²) in [6.45, 7) is 14.2. The van der Waals surface area contributed by atoms with E-state index < -0.39 is 0 Å². The molecule has 1 aliphatic rings. The molecule has 0 bridgehead atoms. The van der Waals surface area contributed by atoms with Gasteiger partial charge in [0.2, 0.25) is 0 Å². The quantitative estimate of drug-likeness (QED) is 0.827. The maximum atomic E-state index is 9.60. The Kier molecular flexibility index (Phi) is 9.85. The zero-order chi connectivity index (χ0) is 18.8. The van der Waals surface area contributed by atoms with Crippen LogP contribution in [0, 0.1) is 6.92 Å². The van der Waals surface area contributed by atoms with Crippen molar-refractivity contribution in [3.05, 3.63) is 17.5 Å². The zero-order valence-electron chi connectivity index (χ0n) is 16.5. The van der Waals surface area contributed by atoms with Crippen LogP contribution < -0.4 is 5.73 Å². The van der Waals surface area contributed by atoms with Crippen LogP contribution in [0.1, 0.15) is 58.7 Å². The predicted octanol–water partition coefficient (Wildman–Crippen LogP) is 2.67. The second-order valence-corrected chi connectivity index (χ2v) is 7.19. The topological polar surface area (TPSA) is 84.2 Å². The molecule has 1 saturated heterocycles. The number of hydrogen-bond acceptors (Lipinski definition) is 5. The summed E-state index contributed by atoms with van der Waals surface area (Å²) in [5.41, 5.74) is 8.49. The molecule has 0 saturated carbocycles. The number of aromatic amines is 1. The number of likely N-dealkylation sites (tertiary alicyclic amines) is 1. The van der Waals surface area contributed by atoms with E-state index >= 15 is 0 Å². The first kappa shape index (κ1) is 22.6. The van der Waals surface area contributed by atoms with Crippen molar-refractivity contribution in [1.29, 1.82) is 0 Å². The van der Waals surface area contributed by atoms with Crippen LogP contribution in [-0.2, 0) is 16.0 Å². The number of nitrogens with zero attached hydrogens (tertiary/aromatic N) is 2. The van der Waals surface area contributed by atoms with Crippen LogP contribution in [-0.4, -0.2) is 52.8 Å². The van der Waals surface area contributed by atoms with Crippen LogP contribution in [0.5, 0.6) is 0 Å². The van der Waals surface area contributed by atoms with Crippen molar-refractivity contribution < 1.29 is 9.53 Å². The fourth-order valence-corrected chi connectivity index (χ4v) is 2.32. The minimum atomic E-state index is -0.318. The Hall–Kier alpha value is -1.40. The molecule has 0 atom stereocenters. The van der Waals surface area contributed by atoms with Crippen molar-refractivity contribution in [2.75, 3.05) is 20.1 Å². The number of nitrogens with two attached hydrogens (primary N) is 1. The van der Waals surface area contributed by atoms with Crippen LogP contribution in [0.4, 0.5) is 0 Å². The summed E-state index contributed by atoms with van der Waals surface area (Å²) in [4.78, 5) is 11.9. The van der Waals surface area contributed by atoms with E-state index in [0.29, 0.717) is 6.47 Å². The lowest BCUT2D eigenvalue weighted by Crippen LogP contribution is -2.50. The molecule has 6 heteroatoms. The molecule has 140 valence electrons. The Morgan fingerprint density at radius 2 is 1.92 bits per heavy atom. The minimum Gasteiger partial charge on any atom is -0.462 e. The molecule has 1 fully saturated rings. The van der Waals surface area contributed by atoms with E-state index in [1.54, 1.807) is 0 Å². The third-order valence-electron chi connectivity index (χ3n) is 3.86. The number of rotatable bonds is 3. The molecule has 3 N–H and O–H groups in total. The Labute approximate surface area is 147 Å². The molecule has 1 aromatic heterocycles. The number of hydrogen-bond donors (Lipinski definition) is 2. The molecule has 0 spiro atoms. The van der Waals surface area contributed by atoms with Gasteiger partial charge in [-0.25, -0.2) is 0 Å². The van der Waals surface area contributed by atoms with Crippen LogP contribution >= 0.6 is 0 Å². The first-order valence-electron chi connectivity index (χ1n) is 8.73.